The van der Waals surface area contributed by atoms with Crippen molar-refractivity contribution in [2.75, 3.05) is 6.54 Å². The van der Waals surface area contributed by atoms with Gasteiger partial charge in [-0.1, -0.05) is 56.5 Å². The Morgan fingerprint density at radius 2 is 1.95 bits per heavy atom. The van der Waals surface area contributed by atoms with E-state index in [1.54, 1.807) is 0 Å². The fraction of sp³-hybridized carbons (Fsp3) is 0.588. The van der Waals surface area contributed by atoms with Crippen molar-refractivity contribution in [1.82, 2.24) is 5.32 Å². The number of nitrogens with zero attached hydrogens (tertiary/aromatic N) is 1. The smallest absolute Gasteiger partial charge is 0.0852 e. The molecule has 2 rings (SSSR count). The molecule has 0 unspecified atom stereocenters. The Bertz CT molecular complexity index is 413. The van der Waals surface area contributed by atoms with E-state index in [1.165, 1.54) is 31.2 Å². The Kier molecular flexibility index (Phi) is 4.99. The maximum absolute atomic E-state index is 9.47. The number of nitriles is 1. The van der Waals surface area contributed by atoms with E-state index in [0.717, 1.165) is 19.4 Å². The highest BCUT2D eigenvalue weighted by atomic mass is 14.9. The first-order valence-corrected chi connectivity index (χ1v) is 7.51. The first-order chi connectivity index (χ1) is 9.30. The Balaban J connectivity index is 1.76. The second-order valence-electron chi connectivity index (χ2n) is 5.68. The number of rotatable bonds is 7. The third-order valence-corrected chi connectivity index (χ3v) is 4.19. The molecule has 0 amide bonds. The fourth-order valence-corrected chi connectivity index (χ4v) is 2.93. The topological polar surface area (TPSA) is 35.8 Å². The van der Waals surface area contributed by atoms with Crippen LogP contribution in [-0.2, 0) is 5.41 Å². The van der Waals surface area contributed by atoms with Gasteiger partial charge >= 0.3 is 0 Å². The molecule has 0 bridgehead atoms. The maximum atomic E-state index is 9.47. The minimum Gasteiger partial charge on any atom is -0.314 e. The average molecular weight is 256 g/mol. The third kappa shape index (κ3) is 3.36. The van der Waals surface area contributed by atoms with E-state index in [-0.39, 0.29) is 5.41 Å². The Morgan fingerprint density at radius 3 is 2.58 bits per heavy atom. The van der Waals surface area contributed by atoms with Crippen LogP contribution < -0.4 is 5.32 Å². The van der Waals surface area contributed by atoms with Gasteiger partial charge < -0.3 is 5.32 Å². The van der Waals surface area contributed by atoms with Crippen LogP contribution in [0.1, 0.15) is 51.0 Å². The SMILES string of the molecule is CCCCCCNC1CC(C#N)(c2ccccc2)C1. The molecule has 0 aromatic heterocycles. The van der Waals surface area contributed by atoms with Crippen LogP contribution in [0.2, 0.25) is 0 Å². The standard InChI is InChI=1S/C17H24N2/c1-2-3-4-8-11-19-16-12-17(13-16,14-18)15-9-6-5-7-10-15/h5-7,9-10,16,19H,2-4,8,11-13H2,1H3. The second kappa shape index (κ2) is 6.73. The molecule has 0 radical (unpaired) electrons. The highest BCUT2D eigenvalue weighted by molar-refractivity contribution is 5.36. The lowest BCUT2D eigenvalue weighted by molar-refractivity contribution is 0.226. The van der Waals surface area contributed by atoms with Crippen molar-refractivity contribution >= 4 is 0 Å². The van der Waals surface area contributed by atoms with Crippen LogP contribution in [0, 0.1) is 11.3 Å². The summed E-state index contributed by atoms with van der Waals surface area (Å²) < 4.78 is 0. The predicted octanol–water partition coefficient (Wildman–Crippen LogP) is 3.78. The van der Waals surface area contributed by atoms with Crippen LogP contribution in [0.25, 0.3) is 0 Å². The van der Waals surface area contributed by atoms with Crippen molar-refractivity contribution in [2.45, 2.75) is 56.9 Å². The zero-order valence-electron chi connectivity index (χ0n) is 11.9. The Morgan fingerprint density at radius 1 is 1.21 bits per heavy atom. The van der Waals surface area contributed by atoms with E-state index in [4.69, 9.17) is 0 Å². The van der Waals surface area contributed by atoms with Crippen molar-refractivity contribution in [1.29, 1.82) is 5.26 Å². The van der Waals surface area contributed by atoms with Crippen LogP contribution >= 0.6 is 0 Å². The van der Waals surface area contributed by atoms with Gasteiger partial charge in [-0.2, -0.15) is 5.26 Å². The lowest BCUT2D eigenvalue weighted by Crippen LogP contribution is -2.51. The second-order valence-corrected chi connectivity index (χ2v) is 5.68. The van der Waals surface area contributed by atoms with Gasteiger partial charge in [0.15, 0.2) is 0 Å². The monoisotopic (exact) mass is 256 g/mol. The first kappa shape index (κ1) is 14.1. The molecule has 1 saturated carbocycles. The molecule has 2 nitrogen and oxygen atoms in total. The van der Waals surface area contributed by atoms with Crippen LogP contribution in [0.3, 0.4) is 0 Å². The molecule has 0 aliphatic heterocycles. The molecule has 1 aromatic carbocycles. The van der Waals surface area contributed by atoms with Gasteiger partial charge in [0.25, 0.3) is 0 Å². The van der Waals surface area contributed by atoms with E-state index in [0.29, 0.717) is 6.04 Å². The summed E-state index contributed by atoms with van der Waals surface area (Å²) in [6, 6.07) is 13.3. The summed E-state index contributed by atoms with van der Waals surface area (Å²) in [7, 11) is 0. The fourth-order valence-electron chi connectivity index (χ4n) is 2.93. The molecule has 19 heavy (non-hydrogen) atoms. The summed E-state index contributed by atoms with van der Waals surface area (Å²) >= 11 is 0. The lowest BCUT2D eigenvalue weighted by atomic mass is 9.62. The van der Waals surface area contributed by atoms with Crippen molar-refractivity contribution < 1.29 is 0 Å². The van der Waals surface area contributed by atoms with Crippen LogP contribution in [-0.4, -0.2) is 12.6 Å². The van der Waals surface area contributed by atoms with Gasteiger partial charge in [-0.05, 0) is 31.4 Å². The zero-order chi connectivity index (χ0) is 13.6. The van der Waals surface area contributed by atoms with Crippen LogP contribution in [0.4, 0.5) is 0 Å². The third-order valence-electron chi connectivity index (χ3n) is 4.19. The van der Waals surface area contributed by atoms with E-state index in [2.05, 4.69) is 30.4 Å². The van der Waals surface area contributed by atoms with E-state index < -0.39 is 0 Å². The quantitative estimate of drug-likeness (QED) is 0.754. The number of nitrogens with one attached hydrogen (secondary N) is 1. The molecule has 1 fully saturated rings. The Hall–Kier alpha value is -1.33. The molecule has 0 heterocycles. The average Bonchev–Trinajstić information content (AvgIpc) is 2.42. The van der Waals surface area contributed by atoms with Crippen molar-refractivity contribution in [3.05, 3.63) is 35.9 Å². The van der Waals surface area contributed by atoms with Gasteiger partial charge in [-0.25, -0.2) is 0 Å². The van der Waals surface area contributed by atoms with Gasteiger partial charge in [-0.3, -0.25) is 0 Å². The molecule has 0 atom stereocenters. The van der Waals surface area contributed by atoms with Crippen LogP contribution in [0.15, 0.2) is 30.3 Å². The minimum atomic E-state index is -0.234. The number of benzene rings is 1. The van der Waals surface area contributed by atoms with Crippen LogP contribution in [0.5, 0.6) is 0 Å². The van der Waals surface area contributed by atoms with Crippen molar-refractivity contribution in [3.63, 3.8) is 0 Å². The van der Waals surface area contributed by atoms with E-state index >= 15 is 0 Å². The molecule has 1 aliphatic rings. The lowest BCUT2D eigenvalue weighted by Gasteiger charge is -2.43. The molecular weight excluding hydrogens is 232 g/mol. The molecule has 1 N–H and O–H groups in total. The van der Waals surface area contributed by atoms with Crippen molar-refractivity contribution in [2.24, 2.45) is 0 Å². The molecule has 1 aromatic rings. The normalized spacial score (nSPS) is 25.6. The minimum absolute atomic E-state index is 0.234. The highest BCUT2D eigenvalue weighted by Crippen LogP contribution is 2.43. The van der Waals surface area contributed by atoms with Gasteiger partial charge in [0.05, 0.1) is 11.5 Å². The Labute approximate surface area is 116 Å². The number of hydrogen-bond acceptors (Lipinski definition) is 2. The number of unbranched alkanes of at least 4 members (excludes halogenated alkanes) is 3. The predicted molar refractivity (Wildman–Crippen MR) is 78.9 cm³/mol. The summed E-state index contributed by atoms with van der Waals surface area (Å²) in [5.74, 6) is 0. The molecule has 102 valence electrons. The van der Waals surface area contributed by atoms with Gasteiger partial charge in [0, 0.05) is 6.04 Å². The van der Waals surface area contributed by atoms with Gasteiger partial charge in [0.2, 0.25) is 0 Å². The maximum Gasteiger partial charge on any atom is 0.0852 e. The molecule has 0 saturated heterocycles. The van der Waals surface area contributed by atoms with Gasteiger partial charge in [-0.15, -0.1) is 0 Å². The highest BCUT2D eigenvalue weighted by Gasteiger charge is 2.45. The van der Waals surface area contributed by atoms with E-state index in [1.807, 2.05) is 18.2 Å². The summed E-state index contributed by atoms with van der Waals surface area (Å²) in [5, 5.41) is 13.1. The molecule has 0 spiro atoms. The first-order valence-electron chi connectivity index (χ1n) is 7.51. The zero-order valence-corrected chi connectivity index (χ0v) is 11.9. The summed E-state index contributed by atoms with van der Waals surface area (Å²) in [6.07, 6.45) is 7.11. The van der Waals surface area contributed by atoms with Crippen molar-refractivity contribution in [3.8, 4) is 6.07 Å². The summed E-state index contributed by atoms with van der Waals surface area (Å²) in [5.41, 5.74) is 0.948. The molecule has 2 heteroatoms. The summed E-state index contributed by atoms with van der Waals surface area (Å²) in [6.45, 7) is 3.33. The number of hydrogen-bond donors (Lipinski definition) is 1. The molecule has 1 aliphatic carbocycles. The van der Waals surface area contributed by atoms with Gasteiger partial charge in [0.1, 0.15) is 0 Å². The van der Waals surface area contributed by atoms with E-state index in [9.17, 15) is 5.26 Å². The molecular formula is C17H24N2. The largest absolute Gasteiger partial charge is 0.314 e. The summed E-state index contributed by atoms with van der Waals surface area (Å²) in [4.78, 5) is 0.